The van der Waals surface area contributed by atoms with Gasteiger partial charge in [-0.25, -0.2) is 0 Å². The lowest BCUT2D eigenvalue weighted by Crippen LogP contribution is -2.20. The number of ketones is 1. The zero-order chi connectivity index (χ0) is 13.9. The first kappa shape index (κ1) is 13.2. The molecule has 4 heteroatoms. The van der Waals surface area contributed by atoms with Crippen molar-refractivity contribution in [2.45, 2.75) is 12.8 Å². The number of fused-ring (bicyclic) bond motifs is 2. The van der Waals surface area contributed by atoms with Crippen LogP contribution in [0.15, 0.2) is 29.8 Å². The van der Waals surface area contributed by atoms with Gasteiger partial charge in [0.05, 0.1) is 20.3 Å². The SMILES string of the molecule is COc1ccc2c(c1)C/C=C1/CC(=O)COCC1CO2. The Labute approximate surface area is 118 Å². The van der Waals surface area contributed by atoms with Gasteiger partial charge in [0.2, 0.25) is 0 Å². The van der Waals surface area contributed by atoms with Gasteiger partial charge in [0.15, 0.2) is 5.78 Å². The molecule has 2 heterocycles. The third kappa shape index (κ3) is 2.70. The minimum atomic E-state index is 0.144. The molecule has 0 bridgehead atoms. The number of allylic oxidation sites excluding steroid dienone is 1. The zero-order valence-electron chi connectivity index (χ0n) is 11.6. The van der Waals surface area contributed by atoms with Crippen molar-refractivity contribution in [2.24, 2.45) is 5.92 Å². The molecular formula is C16H18O4. The van der Waals surface area contributed by atoms with Crippen LogP contribution in [0.1, 0.15) is 12.0 Å². The molecule has 1 saturated heterocycles. The molecule has 1 unspecified atom stereocenters. The summed E-state index contributed by atoms with van der Waals surface area (Å²) in [5.41, 5.74) is 2.23. The van der Waals surface area contributed by atoms with Crippen LogP contribution in [-0.4, -0.2) is 32.7 Å². The van der Waals surface area contributed by atoms with E-state index < -0.39 is 0 Å². The Hall–Kier alpha value is -1.81. The molecule has 0 aromatic heterocycles. The number of hydrogen-bond acceptors (Lipinski definition) is 4. The van der Waals surface area contributed by atoms with Crippen LogP contribution in [-0.2, 0) is 16.0 Å². The minimum absolute atomic E-state index is 0.144. The highest BCUT2D eigenvalue weighted by Crippen LogP contribution is 2.30. The van der Waals surface area contributed by atoms with Crippen LogP contribution in [0.2, 0.25) is 0 Å². The number of Topliss-reactive ketones (excluding diaryl/α,β-unsaturated/α-hetero) is 1. The first-order chi connectivity index (χ1) is 9.76. The maximum Gasteiger partial charge on any atom is 0.162 e. The van der Waals surface area contributed by atoms with Crippen LogP contribution in [0, 0.1) is 5.92 Å². The maximum atomic E-state index is 11.7. The van der Waals surface area contributed by atoms with Crippen LogP contribution in [0.4, 0.5) is 0 Å². The summed E-state index contributed by atoms with van der Waals surface area (Å²) in [6, 6.07) is 5.83. The molecule has 1 aromatic carbocycles. The van der Waals surface area contributed by atoms with Crippen LogP contribution in [0.5, 0.6) is 11.5 Å². The van der Waals surface area contributed by atoms with Crippen molar-refractivity contribution in [3.05, 3.63) is 35.4 Å². The van der Waals surface area contributed by atoms with Crippen LogP contribution < -0.4 is 9.47 Å². The smallest absolute Gasteiger partial charge is 0.162 e. The average molecular weight is 274 g/mol. The van der Waals surface area contributed by atoms with Crippen LogP contribution in [0.3, 0.4) is 0 Å². The molecule has 20 heavy (non-hydrogen) atoms. The molecule has 3 rings (SSSR count). The molecule has 2 aliphatic heterocycles. The summed E-state index contributed by atoms with van der Waals surface area (Å²) in [6.45, 7) is 1.33. The monoisotopic (exact) mass is 274 g/mol. The Bertz CT molecular complexity index is 547. The molecule has 1 aromatic rings. The van der Waals surface area contributed by atoms with E-state index in [4.69, 9.17) is 14.2 Å². The summed E-state index contributed by atoms with van der Waals surface area (Å²) in [5, 5.41) is 0. The number of carbonyl (C=O) groups is 1. The second-order valence-electron chi connectivity index (χ2n) is 5.20. The highest BCUT2D eigenvalue weighted by atomic mass is 16.5. The number of methoxy groups -OCH3 is 1. The third-order valence-electron chi connectivity index (χ3n) is 3.80. The Morgan fingerprint density at radius 3 is 3.05 bits per heavy atom. The number of rotatable bonds is 1. The van der Waals surface area contributed by atoms with Crippen molar-refractivity contribution in [1.82, 2.24) is 0 Å². The normalized spacial score (nSPS) is 24.9. The van der Waals surface area contributed by atoms with Gasteiger partial charge in [-0.15, -0.1) is 0 Å². The fourth-order valence-corrected chi connectivity index (χ4v) is 2.65. The molecular weight excluding hydrogens is 256 g/mol. The molecule has 106 valence electrons. The summed E-state index contributed by atoms with van der Waals surface area (Å²) in [4.78, 5) is 11.7. The minimum Gasteiger partial charge on any atom is -0.497 e. The van der Waals surface area contributed by atoms with E-state index >= 15 is 0 Å². The van der Waals surface area contributed by atoms with Gasteiger partial charge in [-0.2, -0.15) is 0 Å². The first-order valence-corrected chi connectivity index (χ1v) is 6.84. The predicted molar refractivity (Wildman–Crippen MR) is 74.2 cm³/mol. The Kier molecular flexibility index (Phi) is 3.74. The quantitative estimate of drug-likeness (QED) is 0.736. The number of hydrogen-bond donors (Lipinski definition) is 0. The lowest BCUT2D eigenvalue weighted by atomic mass is 9.93. The van der Waals surface area contributed by atoms with Crippen molar-refractivity contribution < 1.29 is 19.0 Å². The highest BCUT2D eigenvalue weighted by molar-refractivity contribution is 5.82. The fourth-order valence-electron chi connectivity index (χ4n) is 2.65. The maximum absolute atomic E-state index is 11.7. The van der Waals surface area contributed by atoms with Crippen molar-refractivity contribution in [3.63, 3.8) is 0 Å². The first-order valence-electron chi connectivity index (χ1n) is 6.84. The van der Waals surface area contributed by atoms with Gasteiger partial charge in [-0.3, -0.25) is 4.79 Å². The fraction of sp³-hybridized carbons (Fsp3) is 0.438. The standard InChI is InChI=1S/C16H18O4/c1-18-15-4-5-16-12(7-15)3-2-11-6-14(17)10-19-8-13(11)9-20-16/h2,4-5,7,13H,3,6,8-10H2,1H3/b11-2-. The highest BCUT2D eigenvalue weighted by Gasteiger charge is 2.24. The average Bonchev–Trinajstić information content (AvgIpc) is 2.62. The van der Waals surface area contributed by atoms with Gasteiger partial charge >= 0.3 is 0 Å². The molecule has 0 radical (unpaired) electrons. The zero-order valence-corrected chi connectivity index (χ0v) is 11.6. The Morgan fingerprint density at radius 1 is 1.30 bits per heavy atom. The number of ether oxygens (including phenoxy) is 3. The third-order valence-corrected chi connectivity index (χ3v) is 3.80. The molecule has 0 aliphatic carbocycles. The van der Waals surface area contributed by atoms with Crippen molar-refractivity contribution in [2.75, 3.05) is 26.9 Å². The summed E-state index contributed by atoms with van der Waals surface area (Å²) in [7, 11) is 1.65. The van der Waals surface area contributed by atoms with Crippen LogP contribution >= 0.6 is 0 Å². The van der Waals surface area contributed by atoms with Crippen molar-refractivity contribution in [1.29, 1.82) is 0 Å². The van der Waals surface area contributed by atoms with E-state index in [9.17, 15) is 4.79 Å². The number of carbonyl (C=O) groups excluding carboxylic acids is 1. The number of benzene rings is 1. The predicted octanol–water partition coefficient (Wildman–Crippen LogP) is 2.16. The molecule has 1 fully saturated rings. The molecule has 4 nitrogen and oxygen atoms in total. The summed E-state index contributed by atoms with van der Waals surface area (Å²) < 4.78 is 16.6. The van der Waals surface area contributed by atoms with E-state index in [-0.39, 0.29) is 18.3 Å². The van der Waals surface area contributed by atoms with Gasteiger partial charge in [0.25, 0.3) is 0 Å². The lowest BCUT2D eigenvalue weighted by molar-refractivity contribution is -0.122. The molecule has 0 N–H and O–H groups in total. The summed E-state index contributed by atoms with van der Waals surface area (Å²) in [5.74, 6) is 2.03. The Balaban J connectivity index is 1.90. The van der Waals surface area contributed by atoms with Gasteiger partial charge in [-0.1, -0.05) is 11.6 Å². The second-order valence-corrected chi connectivity index (χ2v) is 5.20. The van der Waals surface area contributed by atoms with E-state index in [0.29, 0.717) is 19.6 Å². The largest absolute Gasteiger partial charge is 0.497 e. The van der Waals surface area contributed by atoms with E-state index in [1.165, 1.54) is 0 Å². The van der Waals surface area contributed by atoms with E-state index in [2.05, 4.69) is 6.08 Å². The van der Waals surface area contributed by atoms with Crippen molar-refractivity contribution in [3.8, 4) is 11.5 Å². The van der Waals surface area contributed by atoms with Crippen molar-refractivity contribution >= 4 is 5.78 Å². The second kappa shape index (κ2) is 5.67. The van der Waals surface area contributed by atoms with Gasteiger partial charge < -0.3 is 14.2 Å². The molecule has 0 amide bonds. The topological polar surface area (TPSA) is 44.8 Å². The molecule has 2 aliphatic rings. The van der Waals surface area contributed by atoms with E-state index in [1.54, 1.807) is 7.11 Å². The van der Waals surface area contributed by atoms with E-state index in [1.807, 2.05) is 18.2 Å². The van der Waals surface area contributed by atoms with E-state index in [0.717, 1.165) is 29.1 Å². The van der Waals surface area contributed by atoms with Gasteiger partial charge in [-0.05, 0) is 24.6 Å². The molecule has 0 spiro atoms. The summed E-state index contributed by atoms with van der Waals surface area (Å²) >= 11 is 0. The molecule has 1 atom stereocenters. The summed E-state index contributed by atoms with van der Waals surface area (Å²) in [6.07, 6.45) is 3.39. The van der Waals surface area contributed by atoms with Gasteiger partial charge in [0.1, 0.15) is 18.1 Å². The van der Waals surface area contributed by atoms with Crippen LogP contribution in [0.25, 0.3) is 0 Å². The van der Waals surface area contributed by atoms with Gasteiger partial charge in [0, 0.05) is 17.9 Å². The Morgan fingerprint density at radius 2 is 2.20 bits per heavy atom. The molecule has 0 saturated carbocycles. The lowest BCUT2D eigenvalue weighted by Gasteiger charge is -2.22.